The standard InChI is InChI=1S/C32H38ClN3O4/c1-6-20(2)40-30-19-28-25(17-29(30)39-5)18-31(38)36(32(28)24-7-11-26(33)12-8-24)27-13-9-23(10-14-27)21(3)35(16-15-34)22(4)37/h7-14,17,19-21,32H,6,15-16,18,34H2,1-5H3/t20-,21?,32?/m1/s1. The average Bonchev–Trinajstić information content (AvgIpc) is 2.95. The lowest BCUT2D eigenvalue weighted by Gasteiger charge is -2.38. The Morgan fingerprint density at radius 1 is 1.10 bits per heavy atom. The molecule has 1 aliphatic rings. The zero-order valence-electron chi connectivity index (χ0n) is 23.8. The van der Waals surface area contributed by atoms with Crippen molar-refractivity contribution in [3.8, 4) is 11.5 Å². The molecule has 7 nitrogen and oxygen atoms in total. The van der Waals surface area contributed by atoms with Crippen LogP contribution in [0.25, 0.3) is 0 Å². The van der Waals surface area contributed by atoms with Gasteiger partial charge in [-0.25, -0.2) is 0 Å². The summed E-state index contributed by atoms with van der Waals surface area (Å²) in [6.07, 6.45) is 1.08. The Morgan fingerprint density at radius 3 is 2.35 bits per heavy atom. The molecule has 0 saturated carbocycles. The smallest absolute Gasteiger partial charge is 0.232 e. The maximum atomic E-state index is 13.8. The highest BCUT2D eigenvalue weighted by atomic mass is 35.5. The Labute approximate surface area is 241 Å². The second-order valence-electron chi connectivity index (χ2n) is 10.2. The van der Waals surface area contributed by atoms with Crippen LogP contribution in [0.1, 0.15) is 68.5 Å². The van der Waals surface area contributed by atoms with E-state index in [-0.39, 0.29) is 30.4 Å². The Hall–Kier alpha value is -3.55. The van der Waals surface area contributed by atoms with Crippen molar-refractivity contribution in [2.75, 3.05) is 25.1 Å². The molecule has 0 aliphatic carbocycles. The van der Waals surface area contributed by atoms with Gasteiger partial charge < -0.3 is 25.0 Å². The molecule has 212 valence electrons. The number of halogens is 1. The van der Waals surface area contributed by atoms with Gasteiger partial charge in [-0.2, -0.15) is 0 Å². The van der Waals surface area contributed by atoms with Gasteiger partial charge >= 0.3 is 0 Å². The summed E-state index contributed by atoms with van der Waals surface area (Å²) in [4.78, 5) is 29.6. The fourth-order valence-corrected chi connectivity index (χ4v) is 5.36. The highest BCUT2D eigenvalue weighted by Crippen LogP contribution is 2.44. The summed E-state index contributed by atoms with van der Waals surface area (Å²) in [5.41, 5.74) is 10.3. The lowest BCUT2D eigenvalue weighted by molar-refractivity contribution is -0.130. The summed E-state index contributed by atoms with van der Waals surface area (Å²) < 4.78 is 11.9. The van der Waals surface area contributed by atoms with Crippen LogP contribution in [-0.2, 0) is 16.0 Å². The van der Waals surface area contributed by atoms with Crippen LogP contribution in [0, 0.1) is 0 Å². The summed E-state index contributed by atoms with van der Waals surface area (Å²) in [5.74, 6) is 1.20. The maximum absolute atomic E-state index is 13.8. The lowest BCUT2D eigenvalue weighted by Crippen LogP contribution is -2.41. The number of benzene rings is 3. The number of rotatable bonds is 10. The van der Waals surface area contributed by atoms with E-state index in [9.17, 15) is 9.59 Å². The highest BCUT2D eigenvalue weighted by molar-refractivity contribution is 6.30. The van der Waals surface area contributed by atoms with E-state index in [1.54, 1.807) is 18.9 Å². The third kappa shape index (κ3) is 6.11. The van der Waals surface area contributed by atoms with Crippen molar-refractivity contribution >= 4 is 29.1 Å². The number of nitrogens with zero attached hydrogens (tertiary/aromatic N) is 2. The van der Waals surface area contributed by atoms with Crippen LogP contribution in [0.3, 0.4) is 0 Å². The van der Waals surface area contributed by atoms with Gasteiger partial charge in [0.15, 0.2) is 11.5 Å². The number of ether oxygens (including phenoxy) is 2. The van der Waals surface area contributed by atoms with Gasteiger partial charge in [-0.1, -0.05) is 42.8 Å². The number of carbonyl (C=O) groups excluding carboxylic acids is 2. The molecule has 2 unspecified atom stereocenters. The first-order valence-corrected chi connectivity index (χ1v) is 14.1. The molecule has 0 aromatic heterocycles. The molecule has 0 spiro atoms. The second-order valence-corrected chi connectivity index (χ2v) is 10.6. The van der Waals surface area contributed by atoms with Crippen molar-refractivity contribution in [3.05, 3.63) is 87.9 Å². The van der Waals surface area contributed by atoms with Gasteiger partial charge in [0, 0.05) is 30.7 Å². The molecule has 3 aromatic rings. The van der Waals surface area contributed by atoms with E-state index >= 15 is 0 Å². The molecule has 2 amide bonds. The Morgan fingerprint density at radius 2 is 1.77 bits per heavy atom. The maximum Gasteiger partial charge on any atom is 0.232 e. The Bertz CT molecular complexity index is 1340. The van der Waals surface area contributed by atoms with Crippen LogP contribution in [0.4, 0.5) is 5.69 Å². The second kappa shape index (κ2) is 12.7. The number of methoxy groups -OCH3 is 1. The highest BCUT2D eigenvalue weighted by Gasteiger charge is 2.36. The first-order chi connectivity index (χ1) is 19.2. The van der Waals surface area contributed by atoms with Crippen LogP contribution in [0.15, 0.2) is 60.7 Å². The first-order valence-electron chi connectivity index (χ1n) is 13.7. The van der Waals surface area contributed by atoms with E-state index in [4.69, 9.17) is 26.8 Å². The number of amides is 2. The van der Waals surface area contributed by atoms with E-state index in [2.05, 4.69) is 6.92 Å². The molecule has 3 aromatic carbocycles. The zero-order chi connectivity index (χ0) is 29.0. The van der Waals surface area contributed by atoms with Crippen LogP contribution in [-0.4, -0.2) is 43.0 Å². The predicted molar refractivity (Wildman–Crippen MR) is 159 cm³/mol. The predicted octanol–water partition coefficient (Wildman–Crippen LogP) is 6.07. The quantitative estimate of drug-likeness (QED) is 0.323. The van der Waals surface area contributed by atoms with Crippen molar-refractivity contribution in [1.82, 2.24) is 4.90 Å². The molecule has 0 radical (unpaired) electrons. The van der Waals surface area contributed by atoms with Gasteiger partial charge in [0.25, 0.3) is 0 Å². The normalized spacial score (nSPS) is 16.2. The van der Waals surface area contributed by atoms with Gasteiger partial charge in [0.05, 0.1) is 31.7 Å². The van der Waals surface area contributed by atoms with Gasteiger partial charge in [0.1, 0.15) is 0 Å². The van der Waals surface area contributed by atoms with E-state index in [0.29, 0.717) is 29.6 Å². The third-order valence-corrected chi connectivity index (χ3v) is 7.83. The summed E-state index contributed by atoms with van der Waals surface area (Å²) >= 11 is 6.24. The molecule has 1 heterocycles. The number of nitrogens with two attached hydrogens (primary N) is 1. The minimum Gasteiger partial charge on any atom is -0.493 e. The zero-order valence-corrected chi connectivity index (χ0v) is 24.6. The summed E-state index contributed by atoms with van der Waals surface area (Å²) in [5, 5.41) is 0.624. The minimum atomic E-state index is -0.395. The van der Waals surface area contributed by atoms with Crippen LogP contribution in [0.5, 0.6) is 11.5 Å². The van der Waals surface area contributed by atoms with E-state index in [1.807, 2.05) is 79.4 Å². The monoisotopic (exact) mass is 563 g/mol. The molecular formula is C32H38ClN3O4. The molecular weight excluding hydrogens is 526 g/mol. The summed E-state index contributed by atoms with van der Waals surface area (Å²) in [6.45, 7) is 8.49. The number of fused-ring (bicyclic) bond motifs is 1. The molecule has 0 bridgehead atoms. The number of hydrogen-bond donors (Lipinski definition) is 1. The fourth-order valence-electron chi connectivity index (χ4n) is 5.23. The first kappa shape index (κ1) is 29.4. The van der Waals surface area contributed by atoms with Crippen molar-refractivity contribution < 1.29 is 19.1 Å². The summed E-state index contributed by atoms with van der Waals surface area (Å²) in [7, 11) is 1.61. The van der Waals surface area contributed by atoms with Crippen molar-refractivity contribution in [2.45, 2.75) is 58.7 Å². The van der Waals surface area contributed by atoms with E-state index in [0.717, 1.165) is 34.4 Å². The molecule has 4 rings (SSSR count). The molecule has 0 fully saturated rings. The van der Waals surface area contributed by atoms with Crippen LogP contribution < -0.4 is 20.1 Å². The SMILES string of the molecule is CC[C@@H](C)Oc1cc2c(cc1OC)CC(=O)N(c1ccc(C(C)N(CCN)C(C)=O)cc1)C2c1ccc(Cl)cc1. The van der Waals surface area contributed by atoms with E-state index in [1.165, 1.54) is 0 Å². The number of carbonyl (C=O) groups is 2. The Kier molecular flexibility index (Phi) is 9.38. The van der Waals surface area contributed by atoms with Gasteiger partial charge in [-0.05, 0) is 78.9 Å². The topological polar surface area (TPSA) is 85.1 Å². The largest absolute Gasteiger partial charge is 0.493 e. The minimum absolute atomic E-state index is 0.00521. The molecule has 2 N–H and O–H groups in total. The van der Waals surface area contributed by atoms with Crippen molar-refractivity contribution in [3.63, 3.8) is 0 Å². The van der Waals surface area contributed by atoms with Crippen LogP contribution in [0.2, 0.25) is 5.02 Å². The van der Waals surface area contributed by atoms with Gasteiger partial charge in [-0.15, -0.1) is 0 Å². The lowest BCUT2D eigenvalue weighted by atomic mass is 9.86. The van der Waals surface area contributed by atoms with Crippen molar-refractivity contribution in [1.29, 1.82) is 0 Å². The number of anilines is 1. The van der Waals surface area contributed by atoms with Gasteiger partial charge in [0.2, 0.25) is 11.8 Å². The molecule has 3 atom stereocenters. The Balaban J connectivity index is 1.80. The fraction of sp³-hybridized carbons (Fsp3) is 0.375. The molecule has 1 aliphatic heterocycles. The molecule has 8 heteroatoms. The van der Waals surface area contributed by atoms with Gasteiger partial charge in [-0.3, -0.25) is 9.59 Å². The number of hydrogen-bond acceptors (Lipinski definition) is 5. The summed E-state index contributed by atoms with van der Waals surface area (Å²) in [6, 6.07) is 18.8. The molecule has 0 saturated heterocycles. The average molecular weight is 564 g/mol. The van der Waals surface area contributed by atoms with Crippen LogP contribution >= 0.6 is 11.6 Å². The van der Waals surface area contributed by atoms with Crippen molar-refractivity contribution in [2.24, 2.45) is 5.73 Å². The third-order valence-electron chi connectivity index (χ3n) is 7.57. The van der Waals surface area contributed by atoms with E-state index < -0.39 is 6.04 Å². The molecule has 40 heavy (non-hydrogen) atoms.